The third-order valence-corrected chi connectivity index (χ3v) is 6.04. The first-order valence-electron chi connectivity index (χ1n) is 7.75. The molecule has 22 heavy (non-hydrogen) atoms. The van der Waals surface area contributed by atoms with Crippen LogP contribution in [0.15, 0.2) is 23.1 Å². The van der Waals surface area contributed by atoms with Crippen molar-refractivity contribution in [1.82, 2.24) is 9.62 Å². The van der Waals surface area contributed by atoms with Gasteiger partial charge in [0.25, 0.3) is 0 Å². The lowest BCUT2D eigenvalue weighted by atomic mass is 10.2. The van der Waals surface area contributed by atoms with Gasteiger partial charge in [0.15, 0.2) is 0 Å². The first-order valence-corrected chi connectivity index (χ1v) is 9.23. The van der Waals surface area contributed by atoms with Crippen LogP contribution in [0.3, 0.4) is 0 Å². The topological polar surface area (TPSA) is 66.5 Å². The van der Waals surface area contributed by atoms with Crippen LogP contribution in [0.1, 0.15) is 30.4 Å². The van der Waals surface area contributed by atoms with E-state index in [1.165, 1.54) is 0 Å². The van der Waals surface area contributed by atoms with E-state index in [1.807, 2.05) is 19.1 Å². The summed E-state index contributed by atoms with van der Waals surface area (Å²) in [6, 6.07) is 5.23. The zero-order chi connectivity index (χ0) is 15.9. The van der Waals surface area contributed by atoms with Crippen molar-refractivity contribution < 1.29 is 13.2 Å². The quantitative estimate of drug-likeness (QED) is 0.915. The zero-order valence-corrected chi connectivity index (χ0v) is 13.8. The molecule has 1 heterocycles. The van der Waals surface area contributed by atoms with E-state index in [9.17, 15) is 13.2 Å². The predicted octanol–water partition coefficient (Wildman–Crippen LogP) is 1.59. The van der Waals surface area contributed by atoms with Crippen molar-refractivity contribution >= 4 is 15.9 Å². The van der Waals surface area contributed by atoms with Crippen molar-refractivity contribution in [3.8, 4) is 0 Å². The van der Waals surface area contributed by atoms with Gasteiger partial charge in [-0.2, -0.15) is 0 Å². The van der Waals surface area contributed by atoms with Crippen molar-refractivity contribution in [3.05, 3.63) is 29.3 Å². The fourth-order valence-electron chi connectivity index (χ4n) is 2.92. The number of amides is 1. The summed E-state index contributed by atoms with van der Waals surface area (Å²) in [5.41, 5.74) is 1.66. The van der Waals surface area contributed by atoms with Crippen LogP contribution in [-0.4, -0.2) is 38.4 Å². The van der Waals surface area contributed by atoms with Crippen molar-refractivity contribution in [2.75, 3.05) is 13.1 Å². The average molecular weight is 322 g/mol. The fourth-order valence-corrected chi connectivity index (χ4v) is 4.52. The molecule has 1 N–H and O–H groups in total. The van der Waals surface area contributed by atoms with Gasteiger partial charge in [0.1, 0.15) is 0 Å². The number of likely N-dealkylation sites (tertiary alicyclic amines) is 1. The summed E-state index contributed by atoms with van der Waals surface area (Å²) < 4.78 is 27.9. The number of hydrogen-bond acceptors (Lipinski definition) is 3. The van der Waals surface area contributed by atoms with Crippen molar-refractivity contribution in [2.45, 2.75) is 44.0 Å². The highest BCUT2D eigenvalue weighted by Crippen LogP contribution is 2.32. The van der Waals surface area contributed by atoms with Gasteiger partial charge in [-0.15, -0.1) is 0 Å². The molecule has 6 heteroatoms. The lowest BCUT2D eigenvalue weighted by molar-refractivity contribution is -0.131. The van der Waals surface area contributed by atoms with Crippen LogP contribution < -0.4 is 4.72 Å². The molecule has 1 aliphatic carbocycles. The number of benzene rings is 1. The van der Waals surface area contributed by atoms with Crippen LogP contribution >= 0.6 is 0 Å². The Morgan fingerprint density at radius 2 is 1.95 bits per heavy atom. The summed E-state index contributed by atoms with van der Waals surface area (Å²) in [5, 5.41) is 0. The third kappa shape index (κ3) is 3.17. The Morgan fingerprint density at radius 3 is 2.64 bits per heavy atom. The number of carbonyl (C=O) groups excluding carboxylic acids is 1. The number of aryl methyl sites for hydroxylation is 2. The predicted molar refractivity (Wildman–Crippen MR) is 83.9 cm³/mol. The second-order valence-corrected chi connectivity index (χ2v) is 8.12. The minimum atomic E-state index is -3.54. The van der Waals surface area contributed by atoms with E-state index < -0.39 is 10.0 Å². The summed E-state index contributed by atoms with van der Waals surface area (Å²) in [4.78, 5) is 14.2. The van der Waals surface area contributed by atoms with Crippen LogP contribution in [0, 0.1) is 19.8 Å². The molecule has 1 saturated carbocycles. The summed E-state index contributed by atoms with van der Waals surface area (Å²) >= 11 is 0. The SMILES string of the molecule is Cc1ccc(C)c(S(=O)(=O)NC2CCN(C(=O)C3CC3)C2)c1. The number of carbonyl (C=O) groups is 1. The number of rotatable bonds is 4. The molecule has 1 aromatic carbocycles. The van der Waals surface area contributed by atoms with Gasteiger partial charge >= 0.3 is 0 Å². The molecule has 2 fully saturated rings. The van der Waals surface area contributed by atoms with E-state index in [0.29, 0.717) is 24.4 Å². The lowest BCUT2D eigenvalue weighted by Crippen LogP contribution is -2.39. The molecule has 1 atom stereocenters. The standard InChI is InChI=1S/C16H22N2O3S/c1-11-3-4-12(2)15(9-11)22(20,21)17-14-7-8-18(10-14)16(19)13-5-6-13/h3-4,9,13-14,17H,5-8,10H2,1-2H3. The highest BCUT2D eigenvalue weighted by molar-refractivity contribution is 7.89. The minimum Gasteiger partial charge on any atom is -0.341 e. The molecule has 0 aromatic heterocycles. The van der Waals surface area contributed by atoms with Gasteiger partial charge in [0.05, 0.1) is 4.90 Å². The van der Waals surface area contributed by atoms with E-state index in [2.05, 4.69) is 4.72 Å². The molecule has 0 bridgehead atoms. The molecular weight excluding hydrogens is 300 g/mol. The van der Waals surface area contributed by atoms with Crippen LogP contribution in [0.4, 0.5) is 0 Å². The Bertz CT molecular complexity index is 695. The van der Waals surface area contributed by atoms with Gasteiger partial charge < -0.3 is 4.90 Å². The summed E-state index contributed by atoms with van der Waals surface area (Å²) in [6.07, 6.45) is 2.64. The van der Waals surface area contributed by atoms with Crippen LogP contribution in [0.5, 0.6) is 0 Å². The Hall–Kier alpha value is -1.40. The second-order valence-electron chi connectivity index (χ2n) is 6.43. The molecular formula is C16H22N2O3S. The molecule has 120 valence electrons. The maximum Gasteiger partial charge on any atom is 0.241 e. The molecule has 0 radical (unpaired) electrons. The monoisotopic (exact) mass is 322 g/mol. The second kappa shape index (κ2) is 5.66. The molecule has 1 aliphatic heterocycles. The Balaban J connectivity index is 1.70. The number of sulfonamides is 1. The average Bonchev–Trinajstić information content (AvgIpc) is 3.21. The van der Waals surface area contributed by atoms with Crippen molar-refractivity contribution in [2.24, 2.45) is 5.92 Å². The molecule has 0 spiro atoms. The van der Waals surface area contributed by atoms with E-state index >= 15 is 0 Å². The molecule has 1 amide bonds. The number of nitrogens with zero attached hydrogens (tertiary/aromatic N) is 1. The number of nitrogens with one attached hydrogen (secondary N) is 1. The largest absolute Gasteiger partial charge is 0.341 e. The highest BCUT2D eigenvalue weighted by atomic mass is 32.2. The van der Waals surface area contributed by atoms with E-state index in [-0.39, 0.29) is 17.9 Å². The highest BCUT2D eigenvalue weighted by Gasteiger charge is 2.37. The Kier molecular flexibility index (Phi) is 3.99. The normalized spacial score (nSPS) is 22.1. The molecule has 1 unspecified atom stereocenters. The minimum absolute atomic E-state index is 0.187. The van der Waals surface area contributed by atoms with E-state index in [1.54, 1.807) is 17.9 Å². The summed E-state index contributed by atoms with van der Waals surface area (Å²) in [7, 11) is -3.54. The molecule has 1 saturated heterocycles. The molecule has 5 nitrogen and oxygen atoms in total. The van der Waals surface area contributed by atoms with Crippen LogP contribution in [-0.2, 0) is 14.8 Å². The summed E-state index contributed by atoms with van der Waals surface area (Å²) in [6.45, 7) is 4.81. The van der Waals surface area contributed by atoms with Crippen LogP contribution in [0.2, 0.25) is 0 Å². The Labute approximate surface area is 131 Å². The van der Waals surface area contributed by atoms with Crippen molar-refractivity contribution in [3.63, 3.8) is 0 Å². The van der Waals surface area contributed by atoms with E-state index in [4.69, 9.17) is 0 Å². The fraction of sp³-hybridized carbons (Fsp3) is 0.562. The van der Waals surface area contributed by atoms with Gasteiger partial charge in [-0.25, -0.2) is 13.1 Å². The van der Waals surface area contributed by atoms with Crippen LogP contribution in [0.25, 0.3) is 0 Å². The lowest BCUT2D eigenvalue weighted by Gasteiger charge is -2.17. The Morgan fingerprint density at radius 1 is 1.23 bits per heavy atom. The molecule has 1 aromatic rings. The van der Waals surface area contributed by atoms with Gasteiger partial charge in [0, 0.05) is 25.0 Å². The van der Waals surface area contributed by atoms with Gasteiger partial charge in [-0.05, 0) is 50.3 Å². The van der Waals surface area contributed by atoms with Gasteiger partial charge in [-0.1, -0.05) is 12.1 Å². The first-order chi connectivity index (χ1) is 10.4. The molecule has 2 aliphatic rings. The summed E-state index contributed by atoms with van der Waals surface area (Å²) in [5.74, 6) is 0.378. The first kappa shape index (κ1) is 15.5. The van der Waals surface area contributed by atoms with Gasteiger partial charge in [-0.3, -0.25) is 4.79 Å². The maximum atomic E-state index is 12.6. The van der Waals surface area contributed by atoms with Crippen molar-refractivity contribution in [1.29, 1.82) is 0 Å². The maximum absolute atomic E-state index is 12.6. The zero-order valence-electron chi connectivity index (χ0n) is 13.0. The van der Waals surface area contributed by atoms with Gasteiger partial charge in [0.2, 0.25) is 15.9 Å². The smallest absolute Gasteiger partial charge is 0.241 e. The number of hydrogen-bond donors (Lipinski definition) is 1. The van der Waals surface area contributed by atoms with E-state index in [0.717, 1.165) is 24.0 Å². The molecule has 3 rings (SSSR count). The third-order valence-electron chi connectivity index (χ3n) is 4.38.